The van der Waals surface area contributed by atoms with Crippen molar-refractivity contribution in [1.82, 2.24) is 37.4 Å². The van der Waals surface area contributed by atoms with Crippen molar-refractivity contribution in [2.75, 3.05) is 67.5 Å². The molecule has 4 fully saturated rings. The lowest BCUT2D eigenvalue weighted by molar-refractivity contribution is -0.336. The van der Waals surface area contributed by atoms with Gasteiger partial charge >= 0.3 is 12.1 Å². The number of methoxy groups -OCH3 is 5. The van der Waals surface area contributed by atoms with Crippen LogP contribution < -0.4 is 57.3 Å². The average Bonchev–Trinajstić information content (AvgIpc) is 0.754. The van der Waals surface area contributed by atoms with Crippen LogP contribution in [0.3, 0.4) is 0 Å². The second-order valence-corrected chi connectivity index (χ2v) is 32.9. The predicted octanol–water partition coefficient (Wildman–Crippen LogP) is 2.30. The lowest BCUT2D eigenvalue weighted by Gasteiger charge is -2.46. The van der Waals surface area contributed by atoms with Crippen molar-refractivity contribution in [3.63, 3.8) is 0 Å². The highest BCUT2D eigenvalue weighted by Gasteiger charge is 2.52. The zero-order valence-electron chi connectivity index (χ0n) is 63.7. The Morgan fingerprint density at radius 2 is 1.55 bits per heavy atom. The zero-order chi connectivity index (χ0) is 80.4. The van der Waals surface area contributed by atoms with Crippen molar-refractivity contribution < 1.29 is 121 Å². The number of ketones is 1. The molecule has 2 bridgehead atoms. The van der Waals surface area contributed by atoms with Gasteiger partial charge in [0.05, 0.1) is 97.0 Å². The monoisotopic (exact) mass is 1700 g/mol. The van der Waals surface area contributed by atoms with Crippen LogP contribution in [0.4, 0.5) is 9.59 Å². The van der Waals surface area contributed by atoms with E-state index >= 15 is 0 Å². The summed E-state index contributed by atoms with van der Waals surface area (Å²) in [5.41, 5.74) is 6.01. The first-order valence-electron chi connectivity index (χ1n) is 35.7. The molecule has 21 atom stereocenters. The lowest BCUT2D eigenvalue weighted by atomic mass is 9.75. The minimum absolute atomic E-state index is 0.00101. The number of hydrogen-bond donors (Lipinski definition) is 13. The van der Waals surface area contributed by atoms with Gasteiger partial charge in [-0.05, 0) is 114 Å². The maximum absolute atomic E-state index is 14.6. The first kappa shape index (κ1) is 90.6. The molecular formula is C72H105IN8O25S3. The number of urea groups is 1. The van der Waals surface area contributed by atoms with Gasteiger partial charge in [-0.15, -0.1) is 0 Å². The standard InChI is InChI=1S/C72H105IN8O25S3/c1-16-75-42-33-99-47(31-46(42)94-11)104-61-56(86)53(81-106-48-30-43(83)63(38(7)100-48)108-66(90)49-35(4)51(73)59(62(97-14)58(49)95-12)105-67-57(87)60(96-13)55(85)37(6)102-67)36(5)101-68(61)103-45-23-19-17-18-20-25-72(93)32-44(84)54(80-70(92)98-15)50(45)40(72)24-29-107-109-71(9,10)26-28-76-64(88)41(22-21-27-77-69(74)91)79-65(89)52(34(2)3)78-39(8)82/h17-18,24,34,36-38,41-43,45-48,52-53,55-57,60-61,63,67-68,75,81,83,85-87,93H,16,21-22,26-33H2,1-15H3,(H,76,88)(H,78,82)(H,79,89)(H,80,92)(H3,74,77,91)/b18-17-,40-24+/t36-,37+,38-,41+,42+,43+,45+,46+,47+,48+,52+,53-,55+,56+,57-,60-,61-,63-,67+,68+,72+/m1/s1. The number of rotatable bonds is 34. The maximum Gasteiger partial charge on any atom is 0.411 e. The van der Waals surface area contributed by atoms with E-state index in [0.717, 1.165) is 18.9 Å². The number of nitrogens with one attached hydrogen (secondary N) is 7. The van der Waals surface area contributed by atoms with Gasteiger partial charge in [0.1, 0.15) is 48.7 Å². The molecule has 14 N–H and O–H groups in total. The Morgan fingerprint density at radius 3 is 2.19 bits per heavy atom. The van der Waals surface area contributed by atoms with E-state index in [2.05, 4.69) is 61.1 Å². The molecule has 6 aliphatic rings. The number of hydrogen-bond acceptors (Lipinski definition) is 30. The number of hydroxylamine groups is 1. The Hall–Kier alpha value is -5.61. The third kappa shape index (κ3) is 23.8. The van der Waals surface area contributed by atoms with E-state index in [4.69, 9.17) is 67.4 Å². The van der Waals surface area contributed by atoms with Crippen LogP contribution in [0.15, 0.2) is 35.1 Å². The fourth-order valence-electron chi connectivity index (χ4n) is 13.1. The Bertz CT molecular complexity index is 3580. The summed E-state index contributed by atoms with van der Waals surface area (Å²) in [7, 11) is 9.48. The molecule has 2 aliphatic carbocycles. The lowest BCUT2D eigenvalue weighted by Crippen LogP contribution is -2.65. The van der Waals surface area contributed by atoms with Crippen LogP contribution in [0.1, 0.15) is 117 Å². The van der Waals surface area contributed by atoms with E-state index in [-0.39, 0.29) is 96.3 Å². The van der Waals surface area contributed by atoms with Crippen LogP contribution in [0.25, 0.3) is 0 Å². The van der Waals surface area contributed by atoms with Crippen molar-refractivity contribution in [1.29, 1.82) is 0 Å². The number of benzene rings is 1. The number of carbonyl (C=O) groups is 7. The molecule has 1 aromatic rings. The number of aliphatic hydroxyl groups is 5. The molecule has 0 aromatic heterocycles. The van der Waals surface area contributed by atoms with E-state index in [1.165, 1.54) is 62.0 Å². The highest BCUT2D eigenvalue weighted by atomic mass is 127. The highest BCUT2D eigenvalue weighted by Crippen LogP contribution is 2.49. The Labute approximate surface area is 660 Å². The van der Waals surface area contributed by atoms with Crippen molar-refractivity contribution in [2.45, 2.75) is 240 Å². The first-order valence-corrected chi connectivity index (χ1v) is 40.0. The molecule has 4 heterocycles. The fourth-order valence-corrected chi connectivity index (χ4v) is 17.3. The number of halogens is 1. The van der Waals surface area contributed by atoms with Gasteiger partial charge in [0.15, 0.2) is 41.8 Å². The van der Waals surface area contributed by atoms with Crippen LogP contribution in [0.2, 0.25) is 0 Å². The number of allylic oxidation sites excluding steroid dienone is 3. The predicted molar refractivity (Wildman–Crippen MR) is 409 cm³/mol. The number of aliphatic hydroxyl groups excluding tert-OH is 4. The fraction of sp³-hybridized carbons (Fsp3) is 0.681. The normalized spacial score (nSPS) is 31.0. The SMILES string of the molecule is CCN[C@H]1CO[C@@H](O[C@H]2[C@H](O[C@H]3C#C/C=C\C#C[C@]4(O)CC(=O)C(NC(=O)OC)=C3/C4=C\CSSC(C)(C)CCNC(=O)[C@H](CCCNC(N)=O)NC(=O)[C@@H](NC(C)=O)C(C)C)O[C@H](C)[C@@H](NO[C@H]3C[C@H](O)[C@H](SC(=O)c4c(C)c(I)c(O[C@@H]5O[C@@H](C)[C@H](O)[C@@H](OC)[C@H]5O)c(OC)c4OC)[C@@H](C)O3)[C@@H]2O)C[C@@H]1OC. The highest BCUT2D eigenvalue weighted by molar-refractivity contribution is 14.1. The molecule has 37 heteroatoms. The number of likely N-dealkylation sites (N-methyl/N-ethyl adjacent to an activating group) is 1. The molecule has 33 nitrogen and oxygen atoms in total. The Morgan fingerprint density at radius 1 is 0.844 bits per heavy atom. The largest absolute Gasteiger partial charge is 0.492 e. The molecule has 608 valence electrons. The van der Waals surface area contributed by atoms with Crippen LogP contribution in [0.5, 0.6) is 17.2 Å². The van der Waals surface area contributed by atoms with Crippen molar-refractivity contribution >= 4 is 96.7 Å². The Kier molecular flexibility index (Phi) is 34.9. The van der Waals surface area contributed by atoms with E-state index in [9.17, 15) is 59.1 Å². The van der Waals surface area contributed by atoms with Crippen LogP contribution in [-0.2, 0) is 66.6 Å². The Balaban J connectivity index is 1.11. The van der Waals surface area contributed by atoms with E-state index in [1.807, 2.05) is 43.4 Å². The minimum Gasteiger partial charge on any atom is -0.492 e. The summed E-state index contributed by atoms with van der Waals surface area (Å²) in [6, 6.07) is -4.09. The number of fused-ring (bicyclic) bond motifs is 2. The summed E-state index contributed by atoms with van der Waals surface area (Å²) in [6.07, 6.45) is -14.3. The minimum atomic E-state index is -2.22. The number of primary amides is 1. The summed E-state index contributed by atoms with van der Waals surface area (Å²) in [5.74, 6) is 9.21. The second-order valence-electron chi connectivity index (χ2n) is 27.6. The molecule has 7 rings (SSSR count). The third-order valence-corrected chi connectivity index (χ3v) is 24.7. The topological polar surface area (TPSA) is 451 Å². The number of thioether (sulfide) groups is 1. The van der Waals surface area contributed by atoms with Crippen LogP contribution in [-0.4, -0.2) is 266 Å². The van der Waals surface area contributed by atoms with Gasteiger partial charge in [0, 0.05) is 68.7 Å². The number of alkyl carbamates (subject to hydrolysis) is 1. The molecule has 1 aromatic carbocycles. The maximum atomic E-state index is 14.6. The number of Topliss-reactive ketones (excluding diaryl/α,β-unsaturated/α-hetero) is 1. The number of nitrogens with two attached hydrogens (primary N) is 1. The number of carbonyl (C=O) groups excluding carboxylic acids is 7. The van der Waals surface area contributed by atoms with Gasteiger partial charge < -0.3 is 115 Å². The summed E-state index contributed by atoms with van der Waals surface area (Å²) >= 11 is 2.79. The summed E-state index contributed by atoms with van der Waals surface area (Å²) in [5, 5.41) is 74.3. The smallest absolute Gasteiger partial charge is 0.411 e. The molecule has 0 unspecified atom stereocenters. The number of ether oxygens (including phenoxy) is 12. The zero-order valence-corrected chi connectivity index (χ0v) is 68.3. The number of amides is 6. The van der Waals surface area contributed by atoms with Crippen molar-refractivity contribution in [2.24, 2.45) is 11.7 Å². The third-order valence-electron chi connectivity index (χ3n) is 18.9. The van der Waals surface area contributed by atoms with Gasteiger partial charge in [-0.2, -0.15) is 5.48 Å². The molecule has 0 radical (unpaired) electrons. The van der Waals surface area contributed by atoms with Crippen LogP contribution in [0, 0.1) is 40.1 Å². The molecule has 6 amide bonds. The summed E-state index contributed by atoms with van der Waals surface area (Å²) < 4.78 is 72.6. The molecule has 4 saturated heterocycles. The van der Waals surface area contributed by atoms with Gasteiger partial charge in [0.25, 0.3) is 0 Å². The molecule has 0 spiro atoms. The quantitative estimate of drug-likeness (QED) is 0.0155. The van der Waals surface area contributed by atoms with Gasteiger partial charge in [-0.3, -0.25) is 34.1 Å². The molecular weight excluding hydrogens is 1600 g/mol. The van der Waals surface area contributed by atoms with E-state index in [1.54, 1.807) is 54.7 Å². The molecule has 0 saturated carbocycles. The van der Waals surface area contributed by atoms with E-state index in [0.29, 0.717) is 28.5 Å². The first-order chi connectivity index (χ1) is 51.7. The summed E-state index contributed by atoms with van der Waals surface area (Å²) in [4.78, 5) is 99.1. The van der Waals surface area contributed by atoms with Crippen molar-refractivity contribution in [3.05, 3.63) is 49.8 Å². The van der Waals surface area contributed by atoms with Gasteiger partial charge in [0.2, 0.25) is 34.9 Å². The van der Waals surface area contributed by atoms with Crippen LogP contribution >= 0.6 is 55.9 Å². The van der Waals surface area contributed by atoms with Crippen molar-refractivity contribution in [3.8, 4) is 40.9 Å². The average molecular weight is 1710 g/mol. The molecule has 4 aliphatic heterocycles. The summed E-state index contributed by atoms with van der Waals surface area (Å²) in [6.45, 7) is 18.2. The molecule has 109 heavy (non-hydrogen) atoms. The second kappa shape index (κ2) is 42.0. The van der Waals surface area contributed by atoms with E-state index < -0.39 is 173 Å². The van der Waals surface area contributed by atoms with Gasteiger partial charge in [-0.25, -0.2) is 9.59 Å². The van der Waals surface area contributed by atoms with Gasteiger partial charge in [-0.1, -0.05) is 83.9 Å².